The van der Waals surface area contributed by atoms with Crippen molar-refractivity contribution in [2.45, 2.75) is 0 Å². The summed E-state index contributed by atoms with van der Waals surface area (Å²) in [7, 11) is 1.18. The zero-order valence-corrected chi connectivity index (χ0v) is 12.9. The Balaban J connectivity index is 2.44. The quantitative estimate of drug-likeness (QED) is 0.671. The highest BCUT2D eigenvalue weighted by molar-refractivity contribution is 7.22. The number of ether oxygens (including phenoxy) is 1. The highest BCUT2D eigenvalue weighted by Crippen LogP contribution is 2.30. The van der Waals surface area contributed by atoms with E-state index >= 15 is 0 Å². The minimum atomic E-state index is -0.778. The number of nitrogens with zero attached hydrogens (tertiary/aromatic N) is 1. The van der Waals surface area contributed by atoms with Gasteiger partial charge in [-0.05, 0) is 18.2 Å². The number of rotatable bonds is 2. The Kier molecular flexibility index (Phi) is 3.72. The van der Waals surface area contributed by atoms with Crippen molar-refractivity contribution in [3.8, 4) is 5.69 Å². The number of esters is 1. The zero-order chi connectivity index (χ0) is 15.9. The van der Waals surface area contributed by atoms with Gasteiger partial charge >= 0.3 is 5.97 Å². The largest absolute Gasteiger partial charge is 0.465 e. The van der Waals surface area contributed by atoms with Crippen LogP contribution in [0.15, 0.2) is 41.3 Å². The normalized spacial score (nSPS) is 10.9. The Labute approximate surface area is 133 Å². The molecule has 0 aliphatic heterocycles. The molecule has 0 aliphatic rings. The molecule has 0 radical (unpaired) electrons. The Morgan fingerprint density at radius 1 is 1.36 bits per heavy atom. The maximum Gasteiger partial charge on any atom is 0.343 e. The summed E-state index contributed by atoms with van der Waals surface area (Å²) in [5.41, 5.74) is -0.443. The highest BCUT2D eigenvalue weighted by Gasteiger charge is 2.19. The summed E-state index contributed by atoms with van der Waals surface area (Å²) in [6.07, 6.45) is 1.28. The molecule has 0 aliphatic carbocycles. The topological polar surface area (TPSA) is 48.3 Å². The van der Waals surface area contributed by atoms with Crippen molar-refractivity contribution in [3.63, 3.8) is 0 Å². The monoisotopic (exact) mass is 337 g/mol. The maximum absolute atomic E-state index is 14.1. The van der Waals surface area contributed by atoms with E-state index in [1.54, 1.807) is 18.2 Å². The Morgan fingerprint density at radius 3 is 2.77 bits per heavy atom. The first-order valence-corrected chi connectivity index (χ1v) is 7.40. The molecule has 7 heteroatoms. The number of carbonyl (C=O) groups is 1. The van der Waals surface area contributed by atoms with Crippen LogP contribution >= 0.6 is 22.9 Å². The number of fused-ring (bicyclic) bond motifs is 1. The van der Waals surface area contributed by atoms with E-state index in [2.05, 4.69) is 4.74 Å². The molecule has 0 unspecified atom stereocenters. The van der Waals surface area contributed by atoms with E-state index in [4.69, 9.17) is 11.6 Å². The third-order valence-corrected chi connectivity index (χ3v) is 4.43. The second-order valence-electron chi connectivity index (χ2n) is 4.45. The van der Waals surface area contributed by atoms with Crippen molar-refractivity contribution >= 4 is 39.1 Å². The van der Waals surface area contributed by atoms with Crippen LogP contribution in [-0.4, -0.2) is 17.6 Å². The molecule has 0 amide bonds. The summed E-state index contributed by atoms with van der Waals surface area (Å²) >= 11 is 7.11. The zero-order valence-electron chi connectivity index (χ0n) is 11.3. The van der Waals surface area contributed by atoms with Gasteiger partial charge in [0.2, 0.25) is 5.43 Å². The summed E-state index contributed by atoms with van der Waals surface area (Å²) in [6, 6.07) is 7.53. The number of para-hydroxylation sites is 1. The number of carbonyl (C=O) groups excluding carboxylic acids is 1. The van der Waals surface area contributed by atoms with Crippen molar-refractivity contribution < 1.29 is 13.9 Å². The maximum atomic E-state index is 14.1. The molecule has 22 heavy (non-hydrogen) atoms. The third kappa shape index (κ3) is 2.30. The summed E-state index contributed by atoms with van der Waals surface area (Å²) in [5, 5.41) is 0.251. The van der Waals surface area contributed by atoms with Gasteiger partial charge in [-0.25, -0.2) is 9.18 Å². The molecule has 112 valence electrons. The number of methoxy groups -OCH3 is 1. The van der Waals surface area contributed by atoms with Gasteiger partial charge in [-0.2, -0.15) is 0 Å². The predicted molar refractivity (Wildman–Crippen MR) is 83.7 cm³/mol. The van der Waals surface area contributed by atoms with Crippen LogP contribution in [0.4, 0.5) is 4.39 Å². The van der Waals surface area contributed by atoms with Crippen molar-refractivity contribution in [2.75, 3.05) is 7.11 Å². The number of benzene rings is 1. The lowest BCUT2D eigenvalue weighted by molar-refractivity contribution is 0.0599. The molecule has 0 saturated carbocycles. The second kappa shape index (κ2) is 5.55. The number of aromatic nitrogens is 1. The smallest absolute Gasteiger partial charge is 0.343 e. The van der Waals surface area contributed by atoms with Crippen LogP contribution in [0.1, 0.15) is 10.4 Å². The summed E-state index contributed by atoms with van der Waals surface area (Å²) in [4.78, 5) is 24.6. The van der Waals surface area contributed by atoms with Gasteiger partial charge in [0, 0.05) is 6.20 Å². The number of hydrogen-bond donors (Lipinski definition) is 0. The minimum Gasteiger partial charge on any atom is -0.465 e. The lowest BCUT2D eigenvalue weighted by atomic mass is 10.2. The van der Waals surface area contributed by atoms with E-state index in [-0.39, 0.29) is 16.6 Å². The molecule has 0 spiro atoms. The first kappa shape index (κ1) is 14.7. The Bertz CT molecular complexity index is 948. The number of pyridine rings is 1. The van der Waals surface area contributed by atoms with Gasteiger partial charge in [-0.1, -0.05) is 23.7 Å². The first-order chi connectivity index (χ1) is 10.5. The van der Waals surface area contributed by atoms with Crippen LogP contribution in [0, 0.1) is 5.82 Å². The fourth-order valence-corrected chi connectivity index (χ4v) is 3.37. The highest BCUT2D eigenvalue weighted by atomic mass is 35.5. The van der Waals surface area contributed by atoms with Gasteiger partial charge in [-0.15, -0.1) is 11.3 Å². The van der Waals surface area contributed by atoms with E-state index in [1.165, 1.54) is 30.0 Å². The minimum absolute atomic E-state index is 0.173. The molecule has 2 heterocycles. The second-order valence-corrected chi connectivity index (χ2v) is 6.12. The molecule has 0 fully saturated rings. The van der Waals surface area contributed by atoms with E-state index in [9.17, 15) is 14.0 Å². The van der Waals surface area contributed by atoms with Crippen molar-refractivity contribution in [1.82, 2.24) is 4.57 Å². The molecule has 0 N–H and O–H groups in total. The van der Waals surface area contributed by atoms with E-state index in [0.717, 1.165) is 11.3 Å². The Morgan fingerprint density at radius 2 is 2.09 bits per heavy atom. The number of hydrogen-bond acceptors (Lipinski definition) is 4. The van der Waals surface area contributed by atoms with E-state index < -0.39 is 17.2 Å². The SMILES string of the molecule is COC(=O)c1cn(-c2ccccc2F)c2sc(Cl)cc2c1=O. The molecule has 3 rings (SSSR count). The van der Waals surface area contributed by atoms with Gasteiger partial charge in [0.15, 0.2) is 0 Å². The van der Waals surface area contributed by atoms with Crippen molar-refractivity contribution in [1.29, 1.82) is 0 Å². The number of thiophene rings is 1. The van der Waals surface area contributed by atoms with E-state index in [1.807, 2.05) is 0 Å². The van der Waals surface area contributed by atoms with Gasteiger partial charge in [0.1, 0.15) is 16.2 Å². The van der Waals surface area contributed by atoms with Crippen molar-refractivity contribution in [3.05, 3.63) is 62.5 Å². The standard InChI is InChI=1S/C15H9ClFNO3S/c1-21-15(20)9-7-18(11-5-3-2-4-10(11)17)14-8(13(9)19)6-12(16)22-14/h2-7H,1H3. The lowest BCUT2D eigenvalue weighted by Gasteiger charge is -2.11. The van der Waals surface area contributed by atoms with Gasteiger partial charge in [0.25, 0.3) is 0 Å². The summed E-state index contributed by atoms with van der Waals surface area (Å²) in [6.45, 7) is 0. The van der Waals surface area contributed by atoms with Gasteiger partial charge in [0.05, 0.1) is 22.5 Å². The van der Waals surface area contributed by atoms with Gasteiger partial charge in [-0.3, -0.25) is 4.79 Å². The number of halogens is 2. The van der Waals surface area contributed by atoms with Crippen molar-refractivity contribution in [2.24, 2.45) is 0 Å². The summed E-state index contributed by atoms with van der Waals surface area (Å²) < 4.78 is 20.5. The first-order valence-electron chi connectivity index (χ1n) is 6.21. The molecule has 0 atom stereocenters. The molecule has 3 aromatic rings. The average molecular weight is 338 g/mol. The van der Waals surface area contributed by atoms with Gasteiger partial charge < -0.3 is 9.30 Å². The van der Waals surface area contributed by atoms with Crippen LogP contribution in [0.25, 0.3) is 15.9 Å². The molecule has 1 aromatic carbocycles. The predicted octanol–water partition coefficient (Wildman–Crippen LogP) is 3.63. The lowest BCUT2D eigenvalue weighted by Crippen LogP contribution is -2.19. The molecular weight excluding hydrogens is 329 g/mol. The molecule has 2 aromatic heterocycles. The molecular formula is C15H9ClFNO3S. The van der Waals surface area contributed by atoms with Crippen LogP contribution in [0.2, 0.25) is 4.34 Å². The third-order valence-electron chi connectivity index (χ3n) is 3.17. The van der Waals surface area contributed by atoms with E-state index in [0.29, 0.717) is 9.17 Å². The molecule has 0 saturated heterocycles. The summed E-state index contributed by atoms with van der Waals surface area (Å²) in [5.74, 6) is -1.26. The molecule has 4 nitrogen and oxygen atoms in total. The fraction of sp³-hybridized carbons (Fsp3) is 0.0667. The molecule has 0 bridgehead atoms. The van der Waals surface area contributed by atoms with Crippen LogP contribution < -0.4 is 5.43 Å². The average Bonchev–Trinajstić information content (AvgIpc) is 2.90. The Hall–Kier alpha value is -2.18. The fourth-order valence-electron chi connectivity index (χ4n) is 2.17. The van der Waals surface area contributed by atoms with Crippen LogP contribution in [0.3, 0.4) is 0 Å². The van der Waals surface area contributed by atoms with Crippen LogP contribution in [0.5, 0.6) is 0 Å². The van der Waals surface area contributed by atoms with Crippen LogP contribution in [-0.2, 0) is 4.74 Å².